The number of carbonyl (C=O) groups is 2. The van der Waals surface area contributed by atoms with Gasteiger partial charge in [0, 0.05) is 10.8 Å². The molecule has 14 atom stereocenters. The highest BCUT2D eigenvalue weighted by atomic mass is 35.5. The maximum Gasteiger partial charge on any atom is 0.313 e. The second kappa shape index (κ2) is 4.88. The Bertz CT molecular complexity index is 750. The maximum absolute atomic E-state index is 13.7. The Morgan fingerprint density at radius 1 is 0.679 bits per heavy atom. The van der Waals surface area contributed by atoms with Crippen molar-refractivity contribution in [3.63, 3.8) is 0 Å². The molecular formula is C22H26Cl2O4. The number of methoxy groups -OCH3 is 2. The van der Waals surface area contributed by atoms with Gasteiger partial charge in [-0.15, -0.1) is 23.2 Å². The lowest BCUT2D eigenvalue weighted by Crippen LogP contribution is -2.66. The number of carbonyl (C=O) groups excluding carboxylic acids is 2. The Kier molecular flexibility index (Phi) is 3.00. The molecular weight excluding hydrogens is 399 g/mol. The van der Waals surface area contributed by atoms with Crippen LogP contribution in [0.15, 0.2) is 0 Å². The van der Waals surface area contributed by atoms with Crippen LogP contribution in [0.25, 0.3) is 0 Å². The summed E-state index contributed by atoms with van der Waals surface area (Å²) in [5, 5.41) is 0.246. The average molecular weight is 425 g/mol. The van der Waals surface area contributed by atoms with Crippen molar-refractivity contribution in [3.05, 3.63) is 0 Å². The number of rotatable bonds is 2. The Balaban J connectivity index is 1.53. The van der Waals surface area contributed by atoms with Crippen molar-refractivity contribution in [1.29, 1.82) is 0 Å². The summed E-state index contributed by atoms with van der Waals surface area (Å²) in [6.07, 6.45) is 4.15. The Hall–Kier alpha value is -0.480. The largest absolute Gasteiger partial charge is 0.469 e. The van der Waals surface area contributed by atoms with Crippen LogP contribution in [0.5, 0.6) is 0 Å². The van der Waals surface area contributed by atoms with Gasteiger partial charge in [-0.3, -0.25) is 9.59 Å². The Morgan fingerprint density at radius 3 is 1.43 bits per heavy atom. The second-order valence-electron chi connectivity index (χ2n) is 10.6. The highest BCUT2D eigenvalue weighted by Crippen LogP contribution is 2.97. The van der Waals surface area contributed by atoms with Gasteiger partial charge < -0.3 is 9.47 Å². The summed E-state index contributed by atoms with van der Waals surface area (Å²) in [4.78, 5) is 27.4. The van der Waals surface area contributed by atoms with E-state index in [4.69, 9.17) is 32.7 Å². The number of ether oxygens (including phenoxy) is 2. The van der Waals surface area contributed by atoms with Crippen molar-refractivity contribution in [2.45, 2.75) is 36.4 Å². The van der Waals surface area contributed by atoms with E-state index in [9.17, 15) is 9.59 Å². The standard InChI is InChI=1S/C22H26Cl2O4/c1-27-19(25)21-15-7-3-5-10(24)12(7)18-13(15)14-16(22(18,21)20(26)28-2)8-4-6-9(23)11(8)17(14)21/h7-18H,3-6H2,1-2H3/t7-,8+,9-,10-,11+,12+,13-,14+,15-,16+,17+,18-,21+,22+/m0/s1. The summed E-state index contributed by atoms with van der Waals surface area (Å²) in [7, 11) is 2.99. The molecule has 0 N–H and O–H groups in total. The topological polar surface area (TPSA) is 52.6 Å². The van der Waals surface area contributed by atoms with Crippen molar-refractivity contribution < 1.29 is 19.1 Å². The molecule has 0 aromatic heterocycles. The summed E-state index contributed by atoms with van der Waals surface area (Å²) >= 11 is 13.7. The first-order valence-electron chi connectivity index (χ1n) is 10.9. The number of hydrogen-bond acceptors (Lipinski definition) is 4. The molecule has 0 aliphatic heterocycles. The molecule has 28 heavy (non-hydrogen) atoms. The molecule has 0 aromatic carbocycles. The number of halogens is 2. The van der Waals surface area contributed by atoms with E-state index < -0.39 is 10.8 Å². The van der Waals surface area contributed by atoms with Crippen LogP contribution in [-0.4, -0.2) is 36.9 Å². The minimum absolute atomic E-state index is 0.123. The van der Waals surface area contributed by atoms with E-state index in [2.05, 4.69) is 0 Å². The van der Waals surface area contributed by atoms with Gasteiger partial charge in [-0.2, -0.15) is 0 Å². The molecule has 152 valence electrons. The molecule has 6 heteroatoms. The van der Waals surface area contributed by atoms with E-state index in [-0.39, 0.29) is 46.4 Å². The lowest BCUT2D eigenvalue weighted by Gasteiger charge is -2.58. The van der Waals surface area contributed by atoms with Gasteiger partial charge >= 0.3 is 11.9 Å². The third-order valence-electron chi connectivity index (χ3n) is 11.1. The average Bonchev–Trinajstić information content (AvgIpc) is 3.49. The first-order chi connectivity index (χ1) is 13.5. The van der Waals surface area contributed by atoms with Crippen LogP contribution in [0.1, 0.15) is 25.7 Å². The molecule has 0 heterocycles. The van der Waals surface area contributed by atoms with Gasteiger partial charge in [0.1, 0.15) is 0 Å². The third kappa shape index (κ3) is 1.26. The van der Waals surface area contributed by atoms with Crippen LogP contribution >= 0.6 is 23.2 Å². The first-order valence-corrected chi connectivity index (χ1v) is 11.8. The molecule has 8 bridgehead atoms. The zero-order chi connectivity index (χ0) is 19.3. The van der Waals surface area contributed by atoms with E-state index in [0.717, 1.165) is 25.7 Å². The molecule has 0 amide bonds. The van der Waals surface area contributed by atoms with E-state index in [0.29, 0.717) is 35.5 Å². The Labute approximate surface area is 175 Å². The van der Waals surface area contributed by atoms with E-state index in [1.54, 1.807) is 0 Å². The predicted molar refractivity (Wildman–Crippen MR) is 102 cm³/mol. The summed E-state index contributed by atoms with van der Waals surface area (Å²) < 4.78 is 11.0. The minimum Gasteiger partial charge on any atom is -0.469 e. The summed E-state index contributed by atoms with van der Waals surface area (Å²) in [6, 6.07) is 0. The molecule has 0 unspecified atom stereocenters. The molecule has 8 aliphatic rings. The predicted octanol–water partition coefficient (Wildman–Crippen LogP) is 3.34. The molecule has 8 fully saturated rings. The van der Waals surface area contributed by atoms with Crippen molar-refractivity contribution >= 4 is 35.1 Å². The van der Waals surface area contributed by atoms with Gasteiger partial charge in [0.15, 0.2) is 0 Å². The fourth-order valence-corrected chi connectivity index (χ4v) is 12.5. The van der Waals surface area contributed by atoms with Crippen molar-refractivity contribution in [3.8, 4) is 0 Å². The molecule has 8 rings (SSSR count). The van der Waals surface area contributed by atoms with Crippen molar-refractivity contribution in [2.75, 3.05) is 14.2 Å². The molecule has 0 aromatic rings. The van der Waals surface area contributed by atoms with Crippen LogP contribution in [0.2, 0.25) is 0 Å². The molecule has 0 saturated heterocycles. The molecule has 4 nitrogen and oxygen atoms in total. The number of esters is 2. The molecule has 8 aliphatic carbocycles. The lowest BCUT2D eigenvalue weighted by atomic mass is 9.43. The minimum atomic E-state index is -0.722. The van der Waals surface area contributed by atoms with Gasteiger partial charge in [-0.25, -0.2) is 0 Å². The third-order valence-corrected chi connectivity index (χ3v) is 12.1. The van der Waals surface area contributed by atoms with Gasteiger partial charge in [0.25, 0.3) is 0 Å². The van der Waals surface area contributed by atoms with E-state index in [1.165, 1.54) is 14.2 Å². The van der Waals surface area contributed by atoms with Gasteiger partial charge in [-0.05, 0) is 84.9 Å². The SMILES string of the molecule is COC(=O)[C@]12[C@@H]3[C@H]4[C@H]5[C@@H]([C@@H]6[C@@H](CC[C@@H]6Cl)[C@H]51)[C@@]2(C(=O)OC)[C@H]4[C@H]1CC[C@H](Cl)[C@@H]13. The fraction of sp³-hybridized carbons (Fsp3) is 0.909. The number of hydrogen-bond donors (Lipinski definition) is 0. The summed E-state index contributed by atoms with van der Waals surface area (Å²) in [5.74, 6) is 3.01. The highest BCUT2D eigenvalue weighted by molar-refractivity contribution is 6.21. The maximum atomic E-state index is 13.7. The first kappa shape index (κ1) is 17.2. The van der Waals surface area contributed by atoms with Crippen LogP contribution in [-0.2, 0) is 19.1 Å². The van der Waals surface area contributed by atoms with Crippen LogP contribution in [0.4, 0.5) is 0 Å². The van der Waals surface area contributed by atoms with Gasteiger partial charge in [0.2, 0.25) is 0 Å². The van der Waals surface area contributed by atoms with Gasteiger partial charge in [-0.1, -0.05) is 0 Å². The van der Waals surface area contributed by atoms with E-state index in [1.807, 2.05) is 0 Å². The van der Waals surface area contributed by atoms with Crippen molar-refractivity contribution in [2.24, 2.45) is 70.0 Å². The smallest absolute Gasteiger partial charge is 0.313 e. The highest BCUT2D eigenvalue weighted by Gasteiger charge is 3.01. The Morgan fingerprint density at radius 2 is 1.07 bits per heavy atom. The molecule has 0 spiro atoms. The van der Waals surface area contributed by atoms with Crippen LogP contribution < -0.4 is 0 Å². The number of alkyl halides is 2. The van der Waals surface area contributed by atoms with E-state index >= 15 is 0 Å². The monoisotopic (exact) mass is 424 g/mol. The summed E-state index contributed by atoms with van der Waals surface area (Å²) in [6.45, 7) is 0. The number of fused-ring (bicyclic) bond motifs is 2. The molecule has 8 saturated carbocycles. The van der Waals surface area contributed by atoms with Crippen LogP contribution in [0.3, 0.4) is 0 Å². The lowest BCUT2D eigenvalue weighted by molar-refractivity contribution is -0.208. The zero-order valence-corrected chi connectivity index (χ0v) is 17.7. The zero-order valence-electron chi connectivity index (χ0n) is 16.1. The quantitative estimate of drug-likeness (QED) is 0.503. The fourth-order valence-electron chi connectivity index (χ4n) is 11.6. The summed E-state index contributed by atoms with van der Waals surface area (Å²) in [5.41, 5.74) is -1.44. The van der Waals surface area contributed by atoms with Crippen molar-refractivity contribution in [1.82, 2.24) is 0 Å². The normalized spacial score (nSPS) is 65.9. The van der Waals surface area contributed by atoms with Crippen LogP contribution in [0, 0.1) is 70.0 Å². The van der Waals surface area contributed by atoms with Gasteiger partial charge in [0.05, 0.1) is 25.0 Å². The second-order valence-corrected chi connectivity index (χ2v) is 11.8. The molecule has 0 radical (unpaired) electrons.